The van der Waals surface area contributed by atoms with Gasteiger partial charge in [0.05, 0.1) is 12.7 Å². The summed E-state index contributed by atoms with van der Waals surface area (Å²) in [6, 6.07) is 0. The number of aliphatic hydroxyl groups is 4. The third kappa shape index (κ3) is 6.74. The normalized spacial score (nSPS) is 47.5. The fraction of sp³-hybridized carbons (Fsp3) is 0.926. The van der Waals surface area contributed by atoms with Gasteiger partial charge in [0.1, 0.15) is 30.5 Å². The molecular weight excluding hydrogens is 635 g/mol. The smallest absolute Gasteiger partial charge is 0.726 e. The summed E-state index contributed by atoms with van der Waals surface area (Å²) in [5.74, 6) is 0.601. The third-order valence-electron chi connectivity index (χ3n) is 11.6. The number of ether oxygens (including phenoxy) is 2. The van der Waals surface area contributed by atoms with E-state index in [1.807, 2.05) is 6.08 Å². The molecule has 1 saturated heterocycles. The Morgan fingerprint density at radius 2 is 1.55 bits per heavy atom. The molecule has 5 rings (SSSR count). The molecule has 1 aliphatic heterocycles. The van der Waals surface area contributed by atoms with Gasteiger partial charge in [0.15, 0.2) is 6.29 Å². The third-order valence-corrected chi connectivity index (χ3v) is 12.6. The Kier molecular flexibility index (Phi) is 11.5. The van der Waals surface area contributed by atoms with Crippen molar-refractivity contribution in [3.8, 4) is 0 Å². The van der Waals surface area contributed by atoms with Crippen LogP contribution in [0.1, 0.15) is 58.3 Å². The fourth-order valence-electron chi connectivity index (χ4n) is 9.78. The van der Waals surface area contributed by atoms with Crippen molar-refractivity contribution in [1.29, 1.82) is 0 Å². The van der Waals surface area contributed by atoms with Gasteiger partial charge in [-0.05, 0) is 86.4 Å². The van der Waals surface area contributed by atoms with Crippen molar-refractivity contribution in [2.75, 3.05) is 13.2 Å². The largest absolute Gasteiger partial charge is 1.00 e. The van der Waals surface area contributed by atoms with Crippen LogP contribution in [0.25, 0.3) is 0 Å². The van der Waals surface area contributed by atoms with Crippen LogP contribution < -0.4 is 29.6 Å². The van der Waals surface area contributed by atoms with Crippen LogP contribution in [-0.2, 0) is 38.6 Å². The molecule has 14 nitrogen and oxygen atoms in total. The molecular formula is C27H42NaO14S2-. The maximum absolute atomic E-state index is 11.7. The van der Waals surface area contributed by atoms with E-state index in [0.717, 1.165) is 32.1 Å². The predicted molar refractivity (Wildman–Crippen MR) is 144 cm³/mol. The minimum Gasteiger partial charge on any atom is -0.726 e. The van der Waals surface area contributed by atoms with Crippen LogP contribution in [0, 0.1) is 40.4 Å². The Bertz CT molecular complexity index is 1250. The molecule has 17 heteroatoms. The fourth-order valence-corrected chi connectivity index (χ4v) is 10.8. The SMILES string of the molecule is C=C[C@H]1CC[C@H]2[C@@H]3CC[C@H]4[C@@H](O[C@@H]5O[C@H](CO)[C@@H](O)[C@H](OS(=O)(=O)[O-])[C@H]5O)[C@@H](OS(=O)(=O)[O-])CC[C@]4(CO)[C@H]3CC[C@]12C.[Na+]. The molecule has 1 heterocycles. The summed E-state index contributed by atoms with van der Waals surface area (Å²) in [6.07, 6.45) is -4.53. The van der Waals surface area contributed by atoms with E-state index in [1.165, 1.54) is 0 Å². The first kappa shape index (κ1) is 37.1. The predicted octanol–water partition coefficient (Wildman–Crippen LogP) is -3.07. The number of allylic oxidation sites excluding steroid dienone is 1. The van der Waals surface area contributed by atoms with Crippen LogP contribution in [0.5, 0.6) is 0 Å². The molecule has 0 unspecified atom stereocenters. The summed E-state index contributed by atoms with van der Waals surface area (Å²) in [6.45, 7) is 5.27. The molecule has 0 aromatic rings. The maximum Gasteiger partial charge on any atom is 1.00 e. The second-order valence-electron chi connectivity index (χ2n) is 13.3. The maximum atomic E-state index is 11.7. The van der Waals surface area contributed by atoms with Crippen molar-refractivity contribution in [1.82, 2.24) is 0 Å². The van der Waals surface area contributed by atoms with Crippen LogP contribution in [0.2, 0.25) is 0 Å². The average molecular weight is 678 g/mol. The number of rotatable bonds is 9. The number of aliphatic hydroxyl groups excluding tert-OH is 4. The van der Waals surface area contributed by atoms with Gasteiger partial charge in [-0.3, -0.25) is 8.37 Å². The van der Waals surface area contributed by atoms with E-state index in [0.29, 0.717) is 30.6 Å². The van der Waals surface area contributed by atoms with Gasteiger partial charge < -0.3 is 39.0 Å². The van der Waals surface area contributed by atoms with E-state index in [4.69, 9.17) is 13.7 Å². The second kappa shape index (κ2) is 13.6. The first-order valence-electron chi connectivity index (χ1n) is 14.9. The zero-order valence-corrected chi connectivity index (χ0v) is 28.6. The molecule has 0 spiro atoms. The van der Waals surface area contributed by atoms with Crippen LogP contribution >= 0.6 is 0 Å². The molecule has 0 aromatic carbocycles. The molecule has 4 aliphatic carbocycles. The molecule has 248 valence electrons. The number of fused-ring (bicyclic) bond motifs is 5. The summed E-state index contributed by atoms with van der Waals surface area (Å²) in [4.78, 5) is 0. The van der Waals surface area contributed by atoms with Gasteiger partial charge in [-0.15, -0.1) is 6.58 Å². The first-order chi connectivity index (χ1) is 20.1. The van der Waals surface area contributed by atoms with Crippen LogP contribution in [-0.4, -0.2) is 102 Å². The Morgan fingerprint density at radius 1 is 0.886 bits per heavy atom. The second-order valence-corrected chi connectivity index (χ2v) is 15.3. The van der Waals surface area contributed by atoms with Gasteiger partial charge in [-0.2, -0.15) is 0 Å². The molecule has 0 aromatic heterocycles. The average Bonchev–Trinajstić information content (AvgIpc) is 3.28. The Balaban J connectivity index is 0.00000442. The van der Waals surface area contributed by atoms with Gasteiger partial charge >= 0.3 is 29.6 Å². The van der Waals surface area contributed by atoms with E-state index < -0.39 is 81.7 Å². The Labute approximate surface area is 280 Å². The van der Waals surface area contributed by atoms with Crippen molar-refractivity contribution < 1.29 is 93.8 Å². The van der Waals surface area contributed by atoms with Crippen LogP contribution in [0.3, 0.4) is 0 Å². The van der Waals surface area contributed by atoms with E-state index >= 15 is 0 Å². The van der Waals surface area contributed by atoms with E-state index in [2.05, 4.69) is 17.7 Å². The minimum absolute atomic E-state index is 0. The molecule has 14 atom stereocenters. The Morgan fingerprint density at radius 3 is 2.14 bits per heavy atom. The molecule has 5 fully saturated rings. The van der Waals surface area contributed by atoms with Gasteiger partial charge in [-0.25, -0.2) is 16.8 Å². The minimum atomic E-state index is -5.42. The molecule has 0 amide bonds. The molecule has 0 radical (unpaired) electrons. The standard InChI is InChI=1S/C27H44O14S2.Na/c1-3-14-4-6-16-15-5-7-18-23(39-25-22(31)24(41-43(35,36)37)21(30)20(12-28)38-25)19(40-42(32,33)34)9-11-27(18,13-29)17(15)8-10-26(14,16)2;/h3,14-25,28-31H,1,4-13H2,2H3,(H,32,33,34)(H,35,36,37);/q;+1/p-2/t14-,15-,16-,17-,18-,19-,20+,21+,22+,23+,24-,25-,26+,27-;/m0./s1. The Hall–Kier alpha value is 0.240. The first-order valence-corrected chi connectivity index (χ1v) is 17.5. The summed E-state index contributed by atoms with van der Waals surface area (Å²) < 4.78 is 90.2. The number of hydrogen-bond acceptors (Lipinski definition) is 14. The van der Waals surface area contributed by atoms with Crippen molar-refractivity contribution in [2.45, 2.75) is 101 Å². The van der Waals surface area contributed by atoms with E-state index in [9.17, 15) is 46.4 Å². The zero-order valence-electron chi connectivity index (χ0n) is 25.0. The van der Waals surface area contributed by atoms with Gasteiger partial charge in [0.2, 0.25) is 20.8 Å². The molecule has 44 heavy (non-hydrogen) atoms. The van der Waals surface area contributed by atoms with E-state index in [-0.39, 0.29) is 53.9 Å². The van der Waals surface area contributed by atoms with E-state index in [1.54, 1.807) is 0 Å². The quantitative estimate of drug-likeness (QED) is 0.0822. The van der Waals surface area contributed by atoms with Gasteiger partial charge in [0.25, 0.3) is 0 Å². The molecule has 4 saturated carbocycles. The molecule has 5 aliphatic rings. The topological polar surface area (TPSA) is 232 Å². The summed E-state index contributed by atoms with van der Waals surface area (Å²) in [5.41, 5.74) is -0.645. The molecule has 4 N–H and O–H groups in total. The summed E-state index contributed by atoms with van der Waals surface area (Å²) in [7, 11) is -10.6. The van der Waals surface area contributed by atoms with Gasteiger partial charge in [0, 0.05) is 12.0 Å². The summed E-state index contributed by atoms with van der Waals surface area (Å²) >= 11 is 0. The van der Waals surface area contributed by atoms with Crippen LogP contribution in [0.4, 0.5) is 0 Å². The van der Waals surface area contributed by atoms with Crippen LogP contribution in [0.15, 0.2) is 12.7 Å². The number of hydrogen-bond donors (Lipinski definition) is 4. The zero-order chi connectivity index (χ0) is 31.5. The van der Waals surface area contributed by atoms with Crippen molar-refractivity contribution in [3.63, 3.8) is 0 Å². The monoisotopic (exact) mass is 677 g/mol. The summed E-state index contributed by atoms with van der Waals surface area (Å²) in [5, 5.41) is 42.1. The molecule has 0 bridgehead atoms. The van der Waals surface area contributed by atoms with Crippen molar-refractivity contribution in [3.05, 3.63) is 12.7 Å². The van der Waals surface area contributed by atoms with Crippen molar-refractivity contribution >= 4 is 20.8 Å². The van der Waals surface area contributed by atoms with Crippen molar-refractivity contribution in [2.24, 2.45) is 40.4 Å². The van der Waals surface area contributed by atoms with Gasteiger partial charge in [-0.1, -0.05) is 13.0 Å².